The molecule has 1 aliphatic rings. The lowest BCUT2D eigenvalue weighted by atomic mass is 9.99. The van der Waals surface area contributed by atoms with Gasteiger partial charge in [0.1, 0.15) is 5.82 Å². The molecule has 0 unspecified atom stereocenters. The second-order valence-electron chi connectivity index (χ2n) is 8.06. The van der Waals surface area contributed by atoms with E-state index in [1.165, 1.54) is 17.7 Å². The average Bonchev–Trinajstić information content (AvgIpc) is 3.35. The molecule has 0 fully saturated rings. The van der Waals surface area contributed by atoms with Gasteiger partial charge in [-0.25, -0.2) is 9.37 Å². The summed E-state index contributed by atoms with van der Waals surface area (Å²) in [6, 6.07) is 18.3. The van der Waals surface area contributed by atoms with E-state index in [9.17, 15) is 9.18 Å². The summed E-state index contributed by atoms with van der Waals surface area (Å²) < 4.78 is 15.7. The summed E-state index contributed by atoms with van der Waals surface area (Å²) in [5, 5.41) is 9.55. The van der Waals surface area contributed by atoms with Gasteiger partial charge in [0.2, 0.25) is 0 Å². The monoisotopic (exact) mass is 441 g/mol. The van der Waals surface area contributed by atoms with Gasteiger partial charge in [0.15, 0.2) is 0 Å². The summed E-state index contributed by atoms with van der Waals surface area (Å²) in [5.41, 5.74) is 6.90. The molecule has 1 aliphatic heterocycles. The van der Waals surface area contributed by atoms with E-state index in [1.807, 2.05) is 54.1 Å². The molecule has 6 nitrogen and oxygen atoms in total. The van der Waals surface area contributed by atoms with Crippen LogP contribution in [0.2, 0.25) is 0 Å². The number of carbonyl (C=O) groups is 1. The maximum atomic E-state index is 13.8. The van der Waals surface area contributed by atoms with Crippen molar-refractivity contribution in [3.8, 4) is 0 Å². The lowest BCUT2D eigenvalue weighted by Crippen LogP contribution is -2.12. The highest BCUT2D eigenvalue weighted by Gasteiger charge is 2.29. The molecule has 0 bridgehead atoms. The van der Waals surface area contributed by atoms with Crippen LogP contribution in [0.15, 0.2) is 67.0 Å². The number of aromatic nitrogens is 2. The second-order valence-corrected chi connectivity index (χ2v) is 8.06. The fraction of sp³-hybridized carbons (Fsp3) is 0.154. The topological polar surface area (TPSA) is 71.0 Å². The Labute approximate surface area is 191 Å². The predicted molar refractivity (Wildman–Crippen MR) is 130 cm³/mol. The molecule has 0 saturated heterocycles. The molecule has 2 heterocycles. The Balaban J connectivity index is 1.62. The van der Waals surface area contributed by atoms with Gasteiger partial charge in [-0.1, -0.05) is 25.1 Å². The molecule has 0 radical (unpaired) electrons. The van der Waals surface area contributed by atoms with Gasteiger partial charge in [0, 0.05) is 30.4 Å². The van der Waals surface area contributed by atoms with Crippen molar-refractivity contribution in [1.82, 2.24) is 14.9 Å². The largest absolute Gasteiger partial charge is 0.354 e. The molecule has 1 aromatic heterocycles. The van der Waals surface area contributed by atoms with Crippen molar-refractivity contribution in [3.05, 3.63) is 89.5 Å². The standard InChI is InChI=1S/C26H24FN5O/c1-3-28-14-16-4-8-19(9-5-16)30-25(17-6-11-23-22(12-17)29-15-32(23)2)24-20-10-7-18(27)13-21(20)31-26(24)33/h4-13,15,28,30H,3,14H2,1-2H3,(H,31,33)/b25-24-. The molecule has 3 aromatic carbocycles. The third kappa shape index (κ3) is 3.99. The third-order valence-corrected chi connectivity index (χ3v) is 5.79. The zero-order valence-electron chi connectivity index (χ0n) is 18.4. The number of carbonyl (C=O) groups excluding carboxylic acids is 1. The summed E-state index contributed by atoms with van der Waals surface area (Å²) in [4.78, 5) is 17.5. The van der Waals surface area contributed by atoms with Gasteiger partial charge in [-0.05, 0) is 54.6 Å². The highest BCUT2D eigenvalue weighted by Crippen LogP contribution is 2.38. The Kier molecular flexibility index (Phi) is 5.40. The zero-order valence-corrected chi connectivity index (χ0v) is 18.4. The Morgan fingerprint density at radius 3 is 2.70 bits per heavy atom. The Morgan fingerprint density at radius 1 is 1.09 bits per heavy atom. The summed E-state index contributed by atoms with van der Waals surface area (Å²) in [7, 11) is 1.94. The highest BCUT2D eigenvalue weighted by molar-refractivity contribution is 6.37. The van der Waals surface area contributed by atoms with Gasteiger partial charge in [-0.3, -0.25) is 4.79 Å². The van der Waals surface area contributed by atoms with E-state index in [1.54, 1.807) is 12.4 Å². The maximum Gasteiger partial charge on any atom is 0.258 e. The number of rotatable bonds is 6. The summed E-state index contributed by atoms with van der Waals surface area (Å²) in [5.74, 6) is -0.668. The molecule has 0 spiro atoms. The molecule has 4 aromatic rings. The summed E-state index contributed by atoms with van der Waals surface area (Å²) in [6.45, 7) is 3.77. The third-order valence-electron chi connectivity index (χ3n) is 5.79. The van der Waals surface area contributed by atoms with Crippen LogP contribution in [0.1, 0.15) is 23.6 Å². The van der Waals surface area contributed by atoms with Crippen LogP contribution in [0.5, 0.6) is 0 Å². The number of hydrogen-bond acceptors (Lipinski definition) is 4. The van der Waals surface area contributed by atoms with Crippen molar-refractivity contribution in [2.24, 2.45) is 7.05 Å². The predicted octanol–water partition coefficient (Wildman–Crippen LogP) is 4.75. The number of benzene rings is 3. The van der Waals surface area contributed by atoms with Crippen molar-refractivity contribution in [3.63, 3.8) is 0 Å². The number of halogens is 1. The number of imidazole rings is 1. The first kappa shape index (κ1) is 20.9. The molecular weight excluding hydrogens is 417 g/mol. The minimum absolute atomic E-state index is 0.275. The SMILES string of the molecule is CCNCc1ccc(N/C(=C2\C(=O)Nc3cc(F)ccc32)c2ccc3c(c2)ncn3C)cc1. The lowest BCUT2D eigenvalue weighted by molar-refractivity contribution is -0.110. The van der Waals surface area contributed by atoms with Crippen LogP contribution < -0.4 is 16.0 Å². The molecule has 0 aliphatic carbocycles. The number of aryl methyl sites for hydroxylation is 1. The molecular formula is C26H24FN5O. The fourth-order valence-corrected chi connectivity index (χ4v) is 4.08. The normalized spacial score (nSPS) is 14.3. The average molecular weight is 442 g/mol. The van der Waals surface area contributed by atoms with Crippen LogP contribution in [0.25, 0.3) is 22.3 Å². The van der Waals surface area contributed by atoms with E-state index < -0.39 is 5.82 Å². The minimum Gasteiger partial charge on any atom is -0.354 e. The van der Waals surface area contributed by atoms with Crippen LogP contribution in [-0.2, 0) is 18.4 Å². The van der Waals surface area contributed by atoms with Gasteiger partial charge in [-0.2, -0.15) is 0 Å². The first-order chi connectivity index (χ1) is 16.0. The van der Waals surface area contributed by atoms with Gasteiger partial charge in [-0.15, -0.1) is 0 Å². The number of hydrogen-bond donors (Lipinski definition) is 3. The second kappa shape index (κ2) is 8.52. The first-order valence-corrected chi connectivity index (χ1v) is 10.9. The van der Waals surface area contributed by atoms with Crippen LogP contribution in [0.3, 0.4) is 0 Å². The number of nitrogens with zero attached hydrogens (tertiary/aromatic N) is 2. The smallest absolute Gasteiger partial charge is 0.258 e. The molecule has 33 heavy (non-hydrogen) atoms. The number of amides is 1. The number of anilines is 2. The number of nitrogens with one attached hydrogen (secondary N) is 3. The molecule has 5 rings (SSSR count). The van der Waals surface area contributed by atoms with Gasteiger partial charge in [0.25, 0.3) is 5.91 Å². The molecule has 0 saturated carbocycles. The van der Waals surface area contributed by atoms with Crippen molar-refractivity contribution < 1.29 is 9.18 Å². The van der Waals surface area contributed by atoms with E-state index >= 15 is 0 Å². The molecule has 3 N–H and O–H groups in total. The van der Waals surface area contributed by atoms with Crippen LogP contribution in [0.4, 0.5) is 15.8 Å². The van der Waals surface area contributed by atoms with Crippen LogP contribution >= 0.6 is 0 Å². The van der Waals surface area contributed by atoms with Crippen molar-refractivity contribution in [2.75, 3.05) is 17.2 Å². The van der Waals surface area contributed by atoms with E-state index in [-0.39, 0.29) is 5.91 Å². The van der Waals surface area contributed by atoms with Crippen LogP contribution in [-0.4, -0.2) is 22.0 Å². The molecule has 7 heteroatoms. The van der Waals surface area contributed by atoms with Gasteiger partial charge in [0.05, 0.1) is 34.3 Å². The Hall–Kier alpha value is -3.97. The zero-order chi connectivity index (χ0) is 22.9. The van der Waals surface area contributed by atoms with Crippen molar-refractivity contribution >= 4 is 39.6 Å². The summed E-state index contributed by atoms with van der Waals surface area (Å²) in [6.07, 6.45) is 1.76. The Bertz CT molecular complexity index is 1390. The Morgan fingerprint density at radius 2 is 1.91 bits per heavy atom. The van der Waals surface area contributed by atoms with Gasteiger partial charge >= 0.3 is 0 Å². The van der Waals surface area contributed by atoms with E-state index in [0.29, 0.717) is 22.5 Å². The molecule has 166 valence electrons. The molecule has 1 amide bonds. The number of fused-ring (bicyclic) bond motifs is 2. The highest BCUT2D eigenvalue weighted by atomic mass is 19.1. The lowest BCUT2D eigenvalue weighted by Gasteiger charge is -2.15. The summed E-state index contributed by atoms with van der Waals surface area (Å²) >= 11 is 0. The van der Waals surface area contributed by atoms with Gasteiger partial charge < -0.3 is 20.5 Å². The van der Waals surface area contributed by atoms with Crippen molar-refractivity contribution in [1.29, 1.82) is 0 Å². The fourth-order valence-electron chi connectivity index (χ4n) is 4.08. The van der Waals surface area contributed by atoms with E-state index in [2.05, 4.69) is 27.9 Å². The van der Waals surface area contributed by atoms with Crippen LogP contribution in [0, 0.1) is 5.82 Å². The van der Waals surface area contributed by atoms with E-state index in [0.717, 1.165) is 35.4 Å². The molecule has 0 atom stereocenters. The minimum atomic E-state index is -0.393. The quantitative estimate of drug-likeness (QED) is 0.378. The first-order valence-electron chi connectivity index (χ1n) is 10.9. The van der Waals surface area contributed by atoms with E-state index in [4.69, 9.17) is 0 Å². The van der Waals surface area contributed by atoms with Crippen molar-refractivity contribution in [2.45, 2.75) is 13.5 Å². The maximum absolute atomic E-state index is 13.8.